The molecular formula is C40H56BrN6NaO6. The molecule has 2 unspecified atom stereocenters. The van der Waals surface area contributed by atoms with Gasteiger partial charge in [0.2, 0.25) is 0 Å². The Hall–Kier alpha value is -3.52. The molecule has 0 fully saturated rings. The van der Waals surface area contributed by atoms with Crippen LogP contribution in [-0.4, -0.2) is 86.5 Å². The van der Waals surface area contributed by atoms with Crippen molar-refractivity contribution in [3.05, 3.63) is 83.5 Å². The third kappa shape index (κ3) is 13.3. The Balaban J connectivity index is 0.000000874. The topological polar surface area (TPSA) is 153 Å². The van der Waals surface area contributed by atoms with E-state index >= 15 is 0 Å². The van der Waals surface area contributed by atoms with Gasteiger partial charge in [0.05, 0.1) is 13.2 Å². The molecule has 0 bridgehead atoms. The Bertz CT molecular complexity index is 1680. The van der Waals surface area contributed by atoms with Crippen molar-refractivity contribution in [2.45, 2.75) is 93.2 Å². The molecule has 0 aliphatic carbocycles. The van der Waals surface area contributed by atoms with Crippen molar-refractivity contribution < 1.29 is 59.6 Å². The number of aromatic nitrogens is 2. The maximum atomic E-state index is 13.0. The first-order valence-electron chi connectivity index (χ1n) is 18.1. The third-order valence-corrected chi connectivity index (χ3v) is 9.33. The van der Waals surface area contributed by atoms with Crippen molar-refractivity contribution in [1.82, 2.24) is 20.2 Å². The van der Waals surface area contributed by atoms with E-state index in [1.54, 1.807) is 37.1 Å². The van der Waals surface area contributed by atoms with Gasteiger partial charge in [-0.05, 0) is 75.6 Å². The summed E-state index contributed by atoms with van der Waals surface area (Å²) in [6.45, 7) is 20.3. The maximum Gasteiger partial charge on any atom is 1.00 e. The number of aliphatic imine (C=N–C) groups is 2. The molecule has 4 heterocycles. The summed E-state index contributed by atoms with van der Waals surface area (Å²) in [5.41, 5.74) is 2.17. The average Bonchev–Trinajstić information content (AvgIpc) is 3.60. The van der Waals surface area contributed by atoms with E-state index in [4.69, 9.17) is 9.73 Å². The van der Waals surface area contributed by atoms with Gasteiger partial charge in [0, 0.05) is 36.4 Å². The van der Waals surface area contributed by atoms with E-state index in [-0.39, 0.29) is 67.1 Å². The van der Waals surface area contributed by atoms with Crippen LogP contribution in [0.4, 0.5) is 0 Å². The molecule has 4 rings (SSSR count). The largest absolute Gasteiger partial charge is 1.00 e. The molecule has 1 N–H and O–H groups in total. The van der Waals surface area contributed by atoms with Crippen molar-refractivity contribution in [2.75, 3.05) is 25.1 Å². The van der Waals surface area contributed by atoms with Gasteiger partial charge in [-0.25, -0.2) is 19.6 Å². The molecule has 0 radical (unpaired) electrons. The Morgan fingerprint density at radius 2 is 1.31 bits per heavy atom. The number of amides is 2. The van der Waals surface area contributed by atoms with Gasteiger partial charge in [-0.3, -0.25) is 24.5 Å². The predicted octanol–water partition coefficient (Wildman–Crippen LogP) is 3.32. The number of amidine groups is 2. The van der Waals surface area contributed by atoms with Gasteiger partial charge in [-0.1, -0.05) is 81.8 Å². The quantitative estimate of drug-likeness (QED) is 0.140. The number of carbonyl (C=O) groups is 4. The van der Waals surface area contributed by atoms with Gasteiger partial charge in [-0.2, -0.15) is 0 Å². The molecule has 54 heavy (non-hydrogen) atoms. The first kappa shape index (κ1) is 48.5. The maximum absolute atomic E-state index is 13.0. The summed E-state index contributed by atoms with van der Waals surface area (Å²) >= 11 is 3.13. The smallest absolute Gasteiger partial charge is 1.00 e. The number of ether oxygens (including phenoxy) is 2. The monoisotopic (exact) mass is 818 g/mol. The van der Waals surface area contributed by atoms with Crippen molar-refractivity contribution in [1.29, 1.82) is 0 Å². The number of nitrogens with zero attached hydrogens (tertiary/aromatic N) is 5. The van der Waals surface area contributed by atoms with Crippen LogP contribution in [0.3, 0.4) is 0 Å². The summed E-state index contributed by atoms with van der Waals surface area (Å²) < 4.78 is 9.48. The molecule has 2 atom stereocenters. The summed E-state index contributed by atoms with van der Waals surface area (Å²) in [6.07, 6.45) is 11.5. The fourth-order valence-electron chi connectivity index (χ4n) is 4.81. The van der Waals surface area contributed by atoms with Crippen molar-refractivity contribution in [3.63, 3.8) is 0 Å². The number of hydrogen-bond acceptors (Lipinski definition) is 10. The number of allylic oxidation sites excluding steroid dienone is 1. The normalized spacial score (nSPS) is 19.1. The van der Waals surface area contributed by atoms with Crippen LogP contribution >= 0.6 is 15.9 Å². The van der Waals surface area contributed by atoms with Gasteiger partial charge < -0.3 is 16.2 Å². The Morgan fingerprint density at radius 1 is 0.815 bits per heavy atom. The molecule has 2 aliphatic heterocycles. The first-order chi connectivity index (χ1) is 25.1. The zero-order valence-corrected chi connectivity index (χ0v) is 37.3. The van der Waals surface area contributed by atoms with Crippen molar-refractivity contribution in [3.8, 4) is 0 Å². The number of halogens is 1. The van der Waals surface area contributed by atoms with E-state index in [1.165, 1.54) is 17.7 Å². The number of pyridine rings is 2. The van der Waals surface area contributed by atoms with Crippen LogP contribution in [0.5, 0.6) is 0 Å². The van der Waals surface area contributed by atoms with Crippen LogP contribution in [0.1, 0.15) is 93.2 Å². The Labute approximate surface area is 352 Å². The SMILES string of the molecule is CCOC(=O)/C=C/CBr.CCOC(=O)/C=C/CN1C(=O)C(C)(C(C)C)N=C1c1ccc(CC)cn1.CCc1ccc(C2=NC(C)(C(C)C)C(=O)N2)nc1.[H-].[Na+]. The molecule has 290 valence electrons. The summed E-state index contributed by atoms with van der Waals surface area (Å²) in [5.74, 6) is 0.489. The van der Waals surface area contributed by atoms with E-state index in [0.717, 1.165) is 24.1 Å². The third-order valence-electron chi connectivity index (χ3n) is 8.95. The number of rotatable bonds is 13. The van der Waals surface area contributed by atoms with E-state index in [9.17, 15) is 19.2 Å². The average molecular weight is 820 g/mol. The van der Waals surface area contributed by atoms with Crippen LogP contribution in [0.15, 0.2) is 70.9 Å². The molecule has 2 aromatic heterocycles. The van der Waals surface area contributed by atoms with E-state index in [0.29, 0.717) is 35.9 Å². The van der Waals surface area contributed by atoms with Gasteiger partial charge in [0.15, 0.2) is 11.7 Å². The molecule has 2 aliphatic rings. The Morgan fingerprint density at radius 3 is 1.72 bits per heavy atom. The Kier molecular flexibility index (Phi) is 21.0. The van der Waals surface area contributed by atoms with Crippen molar-refractivity contribution in [2.24, 2.45) is 21.8 Å². The fraction of sp³-hybridized carbons (Fsp3) is 0.500. The van der Waals surface area contributed by atoms with Gasteiger partial charge >= 0.3 is 41.5 Å². The molecule has 14 heteroatoms. The molecule has 12 nitrogen and oxygen atoms in total. The minimum Gasteiger partial charge on any atom is -1.00 e. The standard InChI is InChI=1S/C20H27N3O3.C14H19N3O.C6H9BrO2.Na.H/c1-6-15-10-11-16(21-13-15)18-22-20(5,14(3)4)19(25)23(18)12-8-9-17(24)26-7-2;1-5-10-6-7-11(15-8-10)12-16-13(18)14(4,17-12)9(2)3;1-2-9-6(8)4-3-5-7;;/h8-11,13-14H,6-7,12H2,1-5H3;6-9H,5H2,1-4H3,(H,16,17,18);3-4H,2,5H2,1H3;;/q;;;+1;-1/b9-8+;;4-3+;;. The first-order valence-corrected chi connectivity index (χ1v) is 19.2. The van der Waals surface area contributed by atoms with Crippen LogP contribution in [0.25, 0.3) is 0 Å². The number of hydrogen-bond donors (Lipinski definition) is 1. The van der Waals surface area contributed by atoms with Crippen molar-refractivity contribution >= 4 is 51.4 Å². The van der Waals surface area contributed by atoms with Gasteiger partial charge in [0.1, 0.15) is 22.5 Å². The number of carbonyl (C=O) groups excluding carboxylic acids is 4. The molecule has 0 aromatic carbocycles. The van der Waals surface area contributed by atoms with Crippen LogP contribution in [0, 0.1) is 11.8 Å². The zero-order valence-electron chi connectivity index (χ0n) is 34.7. The minimum absolute atomic E-state index is 0. The van der Waals surface area contributed by atoms with Crippen LogP contribution in [0.2, 0.25) is 0 Å². The summed E-state index contributed by atoms with van der Waals surface area (Å²) in [4.78, 5) is 66.6. The number of esters is 2. The van der Waals surface area contributed by atoms with E-state index in [2.05, 4.69) is 54.8 Å². The zero-order chi connectivity index (χ0) is 39.8. The summed E-state index contributed by atoms with van der Waals surface area (Å²) in [7, 11) is 0. The molecule has 2 amide bonds. The fourth-order valence-corrected chi connectivity index (χ4v) is 5.00. The van der Waals surface area contributed by atoms with E-state index < -0.39 is 17.0 Å². The van der Waals surface area contributed by atoms with Gasteiger partial charge in [0.25, 0.3) is 11.8 Å². The molecule has 0 spiro atoms. The second kappa shape index (κ2) is 23.4. The summed E-state index contributed by atoms with van der Waals surface area (Å²) in [6, 6.07) is 7.80. The second-order valence-corrected chi connectivity index (χ2v) is 13.8. The number of aryl methyl sites for hydroxylation is 2. The predicted molar refractivity (Wildman–Crippen MR) is 213 cm³/mol. The van der Waals surface area contributed by atoms with Crippen LogP contribution in [-0.2, 0) is 41.5 Å². The minimum atomic E-state index is -0.835. The number of nitrogens with one attached hydrogen (secondary N) is 1. The molecule has 0 saturated carbocycles. The van der Waals surface area contributed by atoms with E-state index in [1.807, 2.05) is 72.0 Å². The summed E-state index contributed by atoms with van der Waals surface area (Å²) in [5, 5.41) is 3.51. The van der Waals surface area contributed by atoms with Gasteiger partial charge in [-0.15, -0.1) is 0 Å². The number of alkyl halides is 1. The molecule has 0 saturated heterocycles. The molecule has 2 aromatic rings. The molecular weight excluding hydrogens is 763 g/mol. The van der Waals surface area contributed by atoms with Crippen LogP contribution < -0.4 is 34.9 Å². The second-order valence-electron chi connectivity index (χ2n) is 13.1.